The third kappa shape index (κ3) is 3.83. The standard InChI is InChI=1S/C17H15NO3/c1-12-6-15(14-5-3-4-13(8-14)10-18)9-16(7-12)21-11-17(19)20-2/h3-9H,11H2,1-2H3. The first-order chi connectivity index (χ1) is 10.1. The van der Waals surface area contributed by atoms with Crippen LogP contribution in [0.4, 0.5) is 0 Å². The molecule has 0 aromatic heterocycles. The van der Waals surface area contributed by atoms with Gasteiger partial charge in [0.2, 0.25) is 0 Å². The Morgan fingerprint density at radius 3 is 2.71 bits per heavy atom. The van der Waals surface area contributed by atoms with Crippen molar-refractivity contribution in [3.8, 4) is 22.9 Å². The lowest BCUT2D eigenvalue weighted by Crippen LogP contribution is -2.12. The van der Waals surface area contributed by atoms with Gasteiger partial charge in [-0.05, 0) is 47.9 Å². The molecular formula is C17H15NO3. The molecule has 0 heterocycles. The first kappa shape index (κ1) is 14.6. The smallest absolute Gasteiger partial charge is 0.343 e. The molecule has 0 bridgehead atoms. The van der Waals surface area contributed by atoms with E-state index < -0.39 is 5.97 Å². The molecule has 0 unspecified atom stereocenters. The summed E-state index contributed by atoms with van der Waals surface area (Å²) in [6.07, 6.45) is 0. The van der Waals surface area contributed by atoms with Gasteiger partial charge in [-0.15, -0.1) is 0 Å². The molecule has 21 heavy (non-hydrogen) atoms. The van der Waals surface area contributed by atoms with Gasteiger partial charge in [0.25, 0.3) is 0 Å². The van der Waals surface area contributed by atoms with Gasteiger partial charge in [0, 0.05) is 0 Å². The zero-order valence-electron chi connectivity index (χ0n) is 11.9. The van der Waals surface area contributed by atoms with Crippen molar-refractivity contribution in [2.24, 2.45) is 0 Å². The van der Waals surface area contributed by atoms with E-state index >= 15 is 0 Å². The number of aryl methyl sites for hydroxylation is 1. The molecule has 0 radical (unpaired) electrons. The molecule has 2 aromatic carbocycles. The third-order valence-corrected chi connectivity index (χ3v) is 2.96. The number of nitriles is 1. The highest BCUT2D eigenvalue weighted by Gasteiger charge is 2.06. The van der Waals surface area contributed by atoms with Crippen molar-refractivity contribution < 1.29 is 14.3 Å². The van der Waals surface area contributed by atoms with E-state index in [2.05, 4.69) is 10.8 Å². The molecular weight excluding hydrogens is 266 g/mol. The summed E-state index contributed by atoms with van der Waals surface area (Å²) in [7, 11) is 1.32. The van der Waals surface area contributed by atoms with Gasteiger partial charge in [-0.3, -0.25) is 0 Å². The quantitative estimate of drug-likeness (QED) is 0.808. The minimum atomic E-state index is -0.426. The zero-order chi connectivity index (χ0) is 15.2. The maximum Gasteiger partial charge on any atom is 0.343 e. The largest absolute Gasteiger partial charge is 0.482 e. The SMILES string of the molecule is COC(=O)COc1cc(C)cc(-c2cccc(C#N)c2)c1. The number of nitrogens with zero attached hydrogens (tertiary/aromatic N) is 1. The van der Waals surface area contributed by atoms with E-state index in [-0.39, 0.29) is 6.61 Å². The molecule has 0 saturated carbocycles. The minimum absolute atomic E-state index is 0.127. The number of hydrogen-bond acceptors (Lipinski definition) is 4. The van der Waals surface area contributed by atoms with Crippen molar-refractivity contribution in [3.05, 3.63) is 53.6 Å². The molecule has 2 rings (SSSR count). The van der Waals surface area contributed by atoms with Gasteiger partial charge in [-0.2, -0.15) is 5.26 Å². The Bertz CT molecular complexity index is 701. The second-order valence-electron chi connectivity index (χ2n) is 4.59. The molecule has 0 spiro atoms. The van der Waals surface area contributed by atoms with Crippen molar-refractivity contribution >= 4 is 5.97 Å². The maximum atomic E-state index is 11.1. The Hall–Kier alpha value is -2.80. The molecule has 0 atom stereocenters. The van der Waals surface area contributed by atoms with Crippen LogP contribution >= 0.6 is 0 Å². The van der Waals surface area contributed by atoms with Crippen LogP contribution in [0, 0.1) is 18.3 Å². The number of hydrogen-bond donors (Lipinski definition) is 0. The first-order valence-electron chi connectivity index (χ1n) is 6.44. The number of carbonyl (C=O) groups is 1. The van der Waals surface area contributed by atoms with Gasteiger partial charge >= 0.3 is 5.97 Å². The highest BCUT2D eigenvalue weighted by Crippen LogP contribution is 2.26. The van der Waals surface area contributed by atoms with Crippen molar-refractivity contribution in [1.29, 1.82) is 5.26 Å². The topological polar surface area (TPSA) is 59.3 Å². The number of benzene rings is 2. The van der Waals surface area contributed by atoms with Crippen LogP contribution in [0.3, 0.4) is 0 Å². The number of esters is 1. The molecule has 2 aromatic rings. The number of rotatable bonds is 4. The Labute approximate surface area is 123 Å². The Morgan fingerprint density at radius 1 is 1.19 bits per heavy atom. The minimum Gasteiger partial charge on any atom is -0.482 e. The van der Waals surface area contributed by atoms with Crippen LogP contribution < -0.4 is 4.74 Å². The van der Waals surface area contributed by atoms with Crippen LogP contribution in [0.15, 0.2) is 42.5 Å². The van der Waals surface area contributed by atoms with E-state index in [1.807, 2.05) is 43.3 Å². The van der Waals surface area contributed by atoms with Crippen molar-refractivity contribution in [1.82, 2.24) is 0 Å². The van der Waals surface area contributed by atoms with Gasteiger partial charge in [0.15, 0.2) is 6.61 Å². The van der Waals surface area contributed by atoms with Crippen LogP contribution in [0.25, 0.3) is 11.1 Å². The monoisotopic (exact) mass is 281 g/mol. The van der Waals surface area contributed by atoms with Gasteiger partial charge in [-0.25, -0.2) is 4.79 Å². The van der Waals surface area contributed by atoms with E-state index in [1.165, 1.54) is 7.11 Å². The lowest BCUT2D eigenvalue weighted by molar-refractivity contribution is -0.142. The number of carbonyl (C=O) groups excluding carboxylic acids is 1. The van der Waals surface area contributed by atoms with Gasteiger partial charge in [0.05, 0.1) is 18.7 Å². The molecule has 106 valence electrons. The Kier molecular flexibility index (Phi) is 4.57. The van der Waals surface area contributed by atoms with Crippen LogP contribution in [-0.2, 0) is 9.53 Å². The van der Waals surface area contributed by atoms with E-state index in [4.69, 9.17) is 10.00 Å². The lowest BCUT2D eigenvalue weighted by atomic mass is 10.0. The molecule has 0 amide bonds. The predicted octanol–water partition coefficient (Wildman–Crippen LogP) is 3.09. The first-order valence-corrected chi connectivity index (χ1v) is 6.44. The average Bonchev–Trinajstić information content (AvgIpc) is 2.52. The van der Waals surface area contributed by atoms with E-state index in [0.717, 1.165) is 16.7 Å². The fourth-order valence-electron chi connectivity index (χ4n) is 1.97. The summed E-state index contributed by atoms with van der Waals surface area (Å²) in [5.74, 6) is 0.169. The van der Waals surface area contributed by atoms with E-state index in [9.17, 15) is 4.79 Å². The number of ether oxygens (including phenoxy) is 2. The summed E-state index contributed by atoms with van der Waals surface area (Å²) >= 11 is 0. The Balaban J connectivity index is 2.30. The molecule has 0 saturated heterocycles. The van der Waals surface area contributed by atoms with Gasteiger partial charge < -0.3 is 9.47 Å². The van der Waals surface area contributed by atoms with Gasteiger partial charge in [-0.1, -0.05) is 18.2 Å². The highest BCUT2D eigenvalue weighted by molar-refractivity contribution is 5.71. The van der Waals surface area contributed by atoms with Crippen molar-refractivity contribution in [2.75, 3.05) is 13.7 Å². The predicted molar refractivity (Wildman–Crippen MR) is 78.8 cm³/mol. The maximum absolute atomic E-state index is 11.1. The Morgan fingerprint density at radius 2 is 2.00 bits per heavy atom. The fraction of sp³-hybridized carbons (Fsp3) is 0.176. The summed E-state index contributed by atoms with van der Waals surface area (Å²) in [4.78, 5) is 11.1. The third-order valence-electron chi connectivity index (χ3n) is 2.96. The molecule has 4 heteroatoms. The summed E-state index contributed by atoms with van der Waals surface area (Å²) < 4.78 is 9.97. The second kappa shape index (κ2) is 6.58. The molecule has 4 nitrogen and oxygen atoms in total. The highest BCUT2D eigenvalue weighted by atomic mass is 16.6. The van der Waals surface area contributed by atoms with Crippen LogP contribution in [0.2, 0.25) is 0 Å². The van der Waals surface area contributed by atoms with Crippen LogP contribution in [-0.4, -0.2) is 19.7 Å². The number of methoxy groups -OCH3 is 1. The average molecular weight is 281 g/mol. The fourth-order valence-corrected chi connectivity index (χ4v) is 1.97. The van der Waals surface area contributed by atoms with Crippen LogP contribution in [0.5, 0.6) is 5.75 Å². The van der Waals surface area contributed by atoms with Gasteiger partial charge in [0.1, 0.15) is 5.75 Å². The summed E-state index contributed by atoms with van der Waals surface area (Å²) in [6.45, 7) is 1.82. The molecule has 0 aliphatic rings. The van der Waals surface area contributed by atoms with E-state index in [0.29, 0.717) is 11.3 Å². The summed E-state index contributed by atoms with van der Waals surface area (Å²) in [5, 5.41) is 8.96. The van der Waals surface area contributed by atoms with Crippen molar-refractivity contribution in [2.45, 2.75) is 6.92 Å². The second-order valence-corrected chi connectivity index (χ2v) is 4.59. The zero-order valence-corrected chi connectivity index (χ0v) is 11.9. The van der Waals surface area contributed by atoms with E-state index in [1.54, 1.807) is 6.07 Å². The lowest BCUT2D eigenvalue weighted by Gasteiger charge is -2.09. The molecule has 0 aliphatic heterocycles. The summed E-state index contributed by atoms with van der Waals surface area (Å²) in [6, 6.07) is 15.2. The normalized spacial score (nSPS) is 9.76. The molecule has 0 N–H and O–H groups in total. The molecule has 0 aliphatic carbocycles. The van der Waals surface area contributed by atoms with Crippen molar-refractivity contribution in [3.63, 3.8) is 0 Å². The molecule has 0 fully saturated rings. The summed E-state index contributed by atoms with van der Waals surface area (Å²) in [5.41, 5.74) is 3.48. The van der Waals surface area contributed by atoms with Crippen LogP contribution in [0.1, 0.15) is 11.1 Å².